The van der Waals surface area contributed by atoms with Crippen molar-refractivity contribution in [2.24, 2.45) is 5.92 Å². The summed E-state index contributed by atoms with van der Waals surface area (Å²) >= 11 is 0. The van der Waals surface area contributed by atoms with Gasteiger partial charge in [0, 0.05) is 19.1 Å². The van der Waals surface area contributed by atoms with Gasteiger partial charge < -0.3 is 15.5 Å². The molecule has 0 unspecified atom stereocenters. The first-order valence-corrected chi connectivity index (χ1v) is 7.50. The average molecular weight is 307 g/mol. The SMILES string of the molecule is CC(C)[C@@H](NCC(=O)N1CCNC(=O)C1)c1ccc(F)cc1. The summed E-state index contributed by atoms with van der Waals surface area (Å²) in [5.41, 5.74) is 0.945. The van der Waals surface area contributed by atoms with E-state index in [9.17, 15) is 14.0 Å². The number of carbonyl (C=O) groups is 2. The van der Waals surface area contributed by atoms with Crippen molar-refractivity contribution in [3.63, 3.8) is 0 Å². The lowest BCUT2D eigenvalue weighted by Crippen LogP contribution is -2.52. The predicted octanol–water partition coefficient (Wildman–Crippen LogP) is 1.07. The van der Waals surface area contributed by atoms with E-state index in [0.29, 0.717) is 13.1 Å². The zero-order valence-electron chi connectivity index (χ0n) is 12.9. The summed E-state index contributed by atoms with van der Waals surface area (Å²) in [5, 5.41) is 5.91. The number of halogens is 1. The molecule has 22 heavy (non-hydrogen) atoms. The van der Waals surface area contributed by atoms with E-state index in [1.54, 1.807) is 17.0 Å². The highest BCUT2D eigenvalue weighted by Gasteiger charge is 2.23. The lowest BCUT2D eigenvalue weighted by Gasteiger charge is -2.28. The third-order valence-electron chi connectivity index (χ3n) is 3.76. The molecule has 1 aromatic carbocycles. The second-order valence-corrected chi connectivity index (χ2v) is 5.82. The van der Waals surface area contributed by atoms with Gasteiger partial charge in [-0.25, -0.2) is 4.39 Å². The highest BCUT2D eigenvalue weighted by atomic mass is 19.1. The van der Waals surface area contributed by atoms with Crippen molar-refractivity contribution in [3.8, 4) is 0 Å². The fourth-order valence-electron chi connectivity index (χ4n) is 2.57. The van der Waals surface area contributed by atoms with Crippen molar-refractivity contribution in [2.75, 3.05) is 26.2 Å². The van der Waals surface area contributed by atoms with Gasteiger partial charge in [0.15, 0.2) is 0 Å². The van der Waals surface area contributed by atoms with Crippen molar-refractivity contribution >= 4 is 11.8 Å². The summed E-state index contributed by atoms with van der Waals surface area (Å²) in [6.07, 6.45) is 0. The minimum atomic E-state index is -0.276. The van der Waals surface area contributed by atoms with E-state index in [2.05, 4.69) is 10.6 Å². The summed E-state index contributed by atoms with van der Waals surface area (Å²) < 4.78 is 13.0. The van der Waals surface area contributed by atoms with E-state index in [1.807, 2.05) is 13.8 Å². The van der Waals surface area contributed by atoms with Crippen LogP contribution in [0.25, 0.3) is 0 Å². The van der Waals surface area contributed by atoms with Gasteiger partial charge in [0.2, 0.25) is 11.8 Å². The maximum absolute atomic E-state index is 13.0. The quantitative estimate of drug-likeness (QED) is 0.855. The van der Waals surface area contributed by atoms with Gasteiger partial charge in [0.05, 0.1) is 13.1 Å². The largest absolute Gasteiger partial charge is 0.353 e. The Morgan fingerprint density at radius 3 is 2.64 bits per heavy atom. The van der Waals surface area contributed by atoms with Crippen LogP contribution in [0.5, 0.6) is 0 Å². The molecule has 1 aromatic rings. The Bertz CT molecular complexity index is 531. The fourth-order valence-corrected chi connectivity index (χ4v) is 2.57. The van der Waals surface area contributed by atoms with Crippen molar-refractivity contribution < 1.29 is 14.0 Å². The summed E-state index contributed by atoms with van der Waals surface area (Å²) in [7, 11) is 0. The van der Waals surface area contributed by atoms with Gasteiger partial charge in [-0.2, -0.15) is 0 Å². The average Bonchev–Trinajstić information content (AvgIpc) is 2.48. The molecule has 0 radical (unpaired) electrons. The van der Waals surface area contributed by atoms with Gasteiger partial charge in [-0.3, -0.25) is 9.59 Å². The van der Waals surface area contributed by atoms with Crippen LogP contribution in [-0.2, 0) is 9.59 Å². The van der Waals surface area contributed by atoms with Crippen LogP contribution in [0.4, 0.5) is 4.39 Å². The zero-order chi connectivity index (χ0) is 16.1. The zero-order valence-corrected chi connectivity index (χ0v) is 12.9. The number of amides is 2. The number of hydrogen-bond acceptors (Lipinski definition) is 3. The molecule has 0 aromatic heterocycles. The summed E-state index contributed by atoms with van der Waals surface area (Å²) in [4.78, 5) is 25.0. The Morgan fingerprint density at radius 2 is 2.05 bits per heavy atom. The number of hydrogen-bond donors (Lipinski definition) is 2. The second kappa shape index (κ2) is 7.35. The van der Waals surface area contributed by atoms with Crippen molar-refractivity contribution in [3.05, 3.63) is 35.6 Å². The van der Waals surface area contributed by atoms with Crippen LogP contribution in [0.3, 0.4) is 0 Å². The van der Waals surface area contributed by atoms with E-state index in [0.717, 1.165) is 5.56 Å². The minimum Gasteiger partial charge on any atom is -0.353 e. The molecule has 1 atom stereocenters. The second-order valence-electron chi connectivity index (χ2n) is 5.82. The lowest BCUT2D eigenvalue weighted by atomic mass is 9.96. The van der Waals surface area contributed by atoms with Gasteiger partial charge in [-0.1, -0.05) is 26.0 Å². The molecule has 1 fully saturated rings. The van der Waals surface area contributed by atoms with Crippen LogP contribution in [-0.4, -0.2) is 42.9 Å². The van der Waals surface area contributed by atoms with Crippen LogP contribution < -0.4 is 10.6 Å². The molecule has 6 heteroatoms. The van der Waals surface area contributed by atoms with E-state index >= 15 is 0 Å². The van der Waals surface area contributed by atoms with Crippen LogP contribution in [0, 0.1) is 11.7 Å². The highest BCUT2D eigenvalue weighted by Crippen LogP contribution is 2.21. The topological polar surface area (TPSA) is 61.4 Å². The number of rotatable bonds is 5. The Hall–Kier alpha value is -1.95. The van der Waals surface area contributed by atoms with Crippen LogP contribution >= 0.6 is 0 Å². The fraction of sp³-hybridized carbons (Fsp3) is 0.500. The van der Waals surface area contributed by atoms with Crippen LogP contribution in [0.2, 0.25) is 0 Å². The number of nitrogens with one attached hydrogen (secondary N) is 2. The van der Waals surface area contributed by atoms with Gasteiger partial charge in [0.25, 0.3) is 0 Å². The summed E-state index contributed by atoms with van der Waals surface area (Å²) in [6, 6.07) is 6.26. The van der Waals surface area contributed by atoms with Crippen LogP contribution in [0.1, 0.15) is 25.5 Å². The maximum atomic E-state index is 13.0. The molecule has 120 valence electrons. The maximum Gasteiger partial charge on any atom is 0.239 e. The number of piperazine rings is 1. The summed E-state index contributed by atoms with van der Waals surface area (Å²) in [6.45, 7) is 5.39. The molecule has 1 aliphatic heterocycles. The first kappa shape index (κ1) is 16.4. The Balaban J connectivity index is 1.95. The molecular weight excluding hydrogens is 285 g/mol. The molecule has 5 nitrogen and oxygen atoms in total. The molecule has 2 N–H and O–H groups in total. The minimum absolute atomic E-state index is 0.0387. The van der Waals surface area contributed by atoms with Gasteiger partial charge in [0.1, 0.15) is 5.82 Å². The van der Waals surface area contributed by atoms with E-state index in [-0.39, 0.29) is 42.7 Å². The smallest absolute Gasteiger partial charge is 0.239 e. The van der Waals surface area contributed by atoms with Gasteiger partial charge >= 0.3 is 0 Å². The number of nitrogens with zero attached hydrogens (tertiary/aromatic N) is 1. The molecule has 2 amide bonds. The van der Waals surface area contributed by atoms with E-state index in [4.69, 9.17) is 0 Å². The van der Waals surface area contributed by atoms with E-state index in [1.165, 1.54) is 12.1 Å². The third-order valence-corrected chi connectivity index (χ3v) is 3.76. The van der Waals surface area contributed by atoms with Crippen molar-refractivity contribution in [1.82, 2.24) is 15.5 Å². The molecule has 1 saturated heterocycles. The molecule has 0 aliphatic carbocycles. The molecule has 1 aliphatic rings. The van der Waals surface area contributed by atoms with Gasteiger partial charge in [-0.15, -0.1) is 0 Å². The predicted molar refractivity (Wildman–Crippen MR) is 81.6 cm³/mol. The first-order chi connectivity index (χ1) is 10.5. The molecular formula is C16H22FN3O2. The molecule has 0 saturated carbocycles. The highest BCUT2D eigenvalue weighted by molar-refractivity contribution is 5.86. The lowest BCUT2D eigenvalue weighted by molar-refractivity contribution is -0.137. The molecule has 0 bridgehead atoms. The molecule has 0 spiro atoms. The number of benzene rings is 1. The van der Waals surface area contributed by atoms with Crippen LogP contribution in [0.15, 0.2) is 24.3 Å². The van der Waals surface area contributed by atoms with Crippen molar-refractivity contribution in [2.45, 2.75) is 19.9 Å². The standard InChI is InChI=1S/C16H22FN3O2/c1-11(2)16(12-3-5-13(17)6-4-12)19-9-15(22)20-8-7-18-14(21)10-20/h3-6,11,16,19H,7-10H2,1-2H3,(H,18,21)/t16-/m1/s1. The monoisotopic (exact) mass is 307 g/mol. The molecule has 2 rings (SSSR count). The summed E-state index contributed by atoms with van der Waals surface area (Å²) in [5.74, 6) is -0.245. The first-order valence-electron chi connectivity index (χ1n) is 7.50. The number of carbonyl (C=O) groups excluding carboxylic acids is 2. The normalized spacial score (nSPS) is 16.5. The Labute approximate surface area is 129 Å². The molecule has 1 heterocycles. The van der Waals surface area contributed by atoms with E-state index < -0.39 is 0 Å². The van der Waals surface area contributed by atoms with Crippen molar-refractivity contribution in [1.29, 1.82) is 0 Å². The van der Waals surface area contributed by atoms with Gasteiger partial charge in [-0.05, 0) is 23.6 Å². The third kappa shape index (κ3) is 4.27. The Kier molecular flexibility index (Phi) is 5.49. The Morgan fingerprint density at radius 1 is 1.36 bits per heavy atom.